The molecule has 0 unspecified atom stereocenters. The SMILES string of the molecule is CC(C)[C@@H]([NH3+])C(=O)[O-].CC(C)[C@H]([NH3+])C(=O)[O-].O=C(O)/C=C/C(=O)O. The second kappa shape index (κ2) is 14.2. The predicted molar refractivity (Wildman–Crippen MR) is 77.5 cm³/mol. The monoisotopic (exact) mass is 350 g/mol. The fourth-order valence-corrected chi connectivity index (χ4v) is 0.687. The summed E-state index contributed by atoms with van der Waals surface area (Å²) >= 11 is 0. The molecule has 0 aromatic heterocycles. The molecule has 0 aliphatic carbocycles. The first-order valence-corrected chi connectivity index (χ1v) is 6.95. The zero-order chi connectivity index (χ0) is 20.0. The molecule has 0 heterocycles. The van der Waals surface area contributed by atoms with Crippen molar-refractivity contribution in [1.29, 1.82) is 0 Å². The van der Waals surface area contributed by atoms with Crippen molar-refractivity contribution < 1.29 is 51.1 Å². The van der Waals surface area contributed by atoms with Crippen molar-refractivity contribution in [3.8, 4) is 0 Å². The van der Waals surface area contributed by atoms with Gasteiger partial charge in [-0.3, -0.25) is 0 Å². The fraction of sp³-hybridized carbons (Fsp3) is 0.571. The van der Waals surface area contributed by atoms with E-state index >= 15 is 0 Å². The van der Waals surface area contributed by atoms with Gasteiger partial charge in [-0.05, 0) is 0 Å². The summed E-state index contributed by atoms with van der Waals surface area (Å²) in [6, 6.07) is -1.15. The highest BCUT2D eigenvalue weighted by Gasteiger charge is 2.11. The van der Waals surface area contributed by atoms with Gasteiger partial charge < -0.3 is 41.5 Å². The molecule has 0 aromatic carbocycles. The summed E-state index contributed by atoms with van der Waals surface area (Å²) < 4.78 is 0. The van der Waals surface area contributed by atoms with Gasteiger partial charge in [-0.25, -0.2) is 9.59 Å². The van der Waals surface area contributed by atoms with Gasteiger partial charge in [0.2, 0.25) is 0 Å². The van der Waals surface area contributed by atoms with Crippen LogP contribution in [0.3, 0.4) is 0 Å². The van der Waals surface area contributed by atoms with Gasteiger partial charge >= 0.3 is 11.9 Å². The van der Waals surface area contributed by atoms with Crippen molar-refractivity contribution in [3.63, 3.8) is 0 Å². The van der Waals surface area contributed by atoms with Crippen LogP contribution in [0.4, 0.5) is 0 Å². The Morgan fingerprint density at radius 2 is 0.958 bits per heavy atom. The first kappa shape index (κ1) is 26.4. The minimum atomic E-state index is -1.26. The van der Waals surface area contributed by atoms with Gasteiger partial charge in [0.1, 0.15) is 12.1 Å². The molecule has 0 rings (SSSR count). The second-order valence-electron chi connectivity index (χ2n) is 5.35. The summed E-state index contributed by atoms with van der Waals surface area (Å²) in [5.74, 6) is -4.51. The lowest BCUT2D eigenvalue weighted by Crippen LogP contribution is -2.70. The van der Waals surface area contributed by atoms with Crippen molar-refractivity contribution >= 4 is 23.9 Å². The highest BCUT2D eigenvalue weighted by atomic mass is 16.4. The molecule has 0 saturated carbocycles. The van der Waals surface area contributed by atoms with Crippen LogP contribution in [0.2, 0.25) is 0 Å². The van der Waals surface area contributed by atoms with E-state index in [1.807, 2.05) is 0 Å². The zero-order valence-corrected chi connectivity index (χ0v) is 14.2. The van der Waals surface area contributed by atoms with Crippen LogP contribution < -0.4 is 21.7 Å². The Bertz CT molecular complexity index is 406. The van der Waals surface area contributed by atoms with Gasteiger partial charge in [-0.2, -0.15) is 0 Å². The molecule has 140 valence electrons. The van der Waals surface area contributed by atoms with Crippen molar-refractivity contribution in [2.24, 2.45) is 11.8 Å². The number of quaternary nitrogens is 2. The van der Waals surface area contributed by atoms with Gasteiger partial charge in [0.25, 0.3) is 0 Å². The molecular formula is C14H26N2O8. The largest absolute Gasteiger partial charge is 0.544 e. The lowest BCUT2D eigenvalue weighted by Gasteiger charge is -2.11. The molecule has 8 N–H and O–H groups in total. The molecule has 0 aromatic rings. The normalized spacial score (nSPS) is 12.5. The van der Waals surface area contributed by atoms with E-state index in [1.165, 1.54) is 0 Å². The number of carbonyl (C=O) groups excluding carboxylic acids is 2. The molecule has 0 radical (unpaired) electrons. The quantitative estimate of drug-likeness (QED) is 0.343. The van der Waals surface area contributed by atoms with Crippen LogP contribution in [0.1, 0.15) is 27.7 Å². The number of carboxylic acids is 4. The van der Waals surface area contributed by atoms with Crippen molar-refractivity contribution in [1.82, 2.24) is 0 Å². The maximum absolute atomic E-state index is 9.97. The van der Waals surface area contributed by atoms with Gasteiger partial charge in [-0.1, -0.05) is 27.7 Å². The summed E-state index contributed by atoms with van der Waals surface area (Å²) in [6.07, 6.45) is 1.12. The van der Waals surface area contributed by atoms with E-state index in [2.05, 4.69) is 11.5 Å². The number of carbonyl (C=O) groups is 4. The standard InChI is InChI=1S/2C5H11NO2.C4H4O4/c2*1-3(2)4(6)5(7)8;5-3(6)1-2-4(7)8/h2*3-4H,6H2,1-2H3,(H,7,8);1-2H,(H,5,6)(H,7,8)/b;;2-1+/t2*4-;/m10./s1. The minimum absolute atomic E-state index is 0.0694. The lowest BCUT2D eigenvalue weighted by molar-refractivity contribution is -0.446. The molecule has 24 heavy (non-hydrogen) atoms. The number of rotatable bonds is 6. The first-order valence-electron chi connectivity index (χ1n) is 6.95. The predicted octanol–water partition coefficient (Wildman–Crippen LogP) is -4.28. The Labute approximate surface area is 139 Å². The van der Waals surface area contributed by atoms with E-state index in [-0.39, 0.29) is 11.8 Å². The average Bonchev–Trinajstić information content (AvgIpc) is 2.44. The molecule has 0 amide bonds. The third kappa shape index (κ3) is 19.5. The number of hydrogen-bond acceptors (Lipinski definition) is 6. The molecule has 0 fully saturated rings. The van der Waals surface area contributed by atoms with E-state index in [0.717, 1.165) is 0 Å². The molecule has 0 bridgehead atoms. The Kier molecular flexibility index (Phi) is 15.6. The fourth-order valence-electron chi connectivity index (χ4n) is 0.687. The summed E-state index contributed by atoms with van der Waals surface area (Å²) in [4.78, 5) is 39.0. The van der Waals surface area contributed by atoms with Crippen LogP contribution in [0.5, 0.6) is 0 Å². The van der Waals surface area contributed by atoms with Crippen LogP contribution in [0.25, 0.3) is 0 Å². The molecule has 0 spiro atoms. The smallest absolute Gasteiger partial charge is 0.328 e. The van der Waals surface area contributed by atoms with E-state index < -0.39 is 36.0 Å². The van der Waals surface area contributed by atoms with Crippen LogP contribution in [0, 0.1) is 11.8 Å². The van der Waals surface area contributed by atoms with Crippen LogP contribution >= 0.6 is 0 Å². The summed E-state index contributed by atoms with van der Waals surface area (Å²) in [5, 5.41) is 35.6. The van der Waals surface area contributed by atoms with Gasteiger partial charge in [0, 0.05) is 24.0 Å². The summed E-state index contributed by atoms with van der Waals surface area (Å²) in [7, 11) is 0. The summed E-state index contributed by atoms with van der Waals surface area (Å²) in [6.45, 7) is 7.20. The number of carboxylic acid groups (broad SMARTS) is 4. The van der Waals surface area contributed by atoms with Gasteiger partial charge in [0.05, 0.1) is 11.9 Å². The highest BCUT2D eigenvalue weighted by molar-refractivity contribution is 5.89. The van der Waals surface area contributed by atoms with Crippen molar-refractivity contribution in [2.45, 2.75) is 39.8 Å². The topological polar surface area (TPSA) is 210 Å². The minimum Gasteiger partial charge on any atom is -0.544 e. The Morgan fingerprint density at radius 3 is 1.00 bits per heavy atom. The van der Waals surface area contributed by atoms with Crippen molar-refractivity contribution in [3.05, 3.63) is 12.2 Å². The van der Waals surface area contributed by atoms with E-state index in [1.54, 1.807) is 27.7 Å². The molecule has 10 nitrogen and oxygen atoms in total. The molecule has 0 aliphatic rings. The van der Waals surface area contributed by atoms with Crippen molar-refractivity contribution in [2.75, 3.05) is 0 Å². The second-order valence-corrected chi connectivity index (χ2v) is 5.35. The highest BCUT2D eigenvalue weighted by Crippen LogP contribution is 1.93. The lowest BCUT2D eigenvalue weighted by atomic mass is 10.1. The Morgan fingerprint density at radius 1 is 0.750 bits per heavy atom. The third-order valence-electron chi connectivity index (χ3n) is 2.58. The van der Waals surface area contributed by atoms with E-state index in [0.29, 0.717) is 12.2 Å². The average molecular weight is 350 g/mol. The Hall–Kier alpha value is -2.46. The maximum atomic E-state index is 9.97. The van der Waals surface area contributed by atoms with Crippen LogP contribution in [-0.4, -0.2) is 46.2 Å². The molecular weight excluding hydrogens is 324 g/mol. The molecule has 0 saturated heterocycles. The third-order valence-corrected chi connectivity index (χ3v) is 2.58. The number of hydrogen-bond donors (Lipinski definition) is 4. The first-order chi connectivity index (χ1) is 10.7. The molecule has 2 atom stereocenters. The molecule has 0 aliphatic heterocycles. The maximum Gasteiger partial charge on any atom is 0.328 e. The summed E-state index contributed by atoms with van der Waals surface area (Å²) in [5.41, 5.74) is 6.75. The van der Waals surface area contributed by atoms with Crippen LogP contribution in [-0.2, 0) is 19.2 Å². The molecule has 10 heteroatoms. The zero-order valence-electron chi connectivity index (χ0n) is 14.2. The van der Waals surface area contributed by atoms with E-state index in [9.17, 15) is 29.4 Å². The van der Waals surface area contributed by atoms with E-state index in [4.69, 9.17) is 10.2 Å². The van der Waals surface area contributed by atoms with Crippen LogP contribution in [0.15, 0.2) is 12.2 Å². The van der Waals surface area contributed by atoms with Gasteiger partial charge in [0.15, 0.2) is 0 Å². The number of aliphatic carboxylic acids is 4. The van der Waals surface area contributed by atoms with Gasteiger partial charge in [-0.15, -0.1) is 0 Å². The Balaban J connectivity index is -0.000000276.